The van der Waals surface area contributed by atoms with E-state index in [0.717, 1.165) is 12.3 Å². The molecule has 0 bridgehead atoms. The van der Waals surface area contributed by atoms with Crippen molar-refractivity contribution in [1.82, 2.24) is 5.32 Å². The van der Waals surface area contributed by atoms with Crippen LogP contribution in [-0.2, 0) is 6.54 Å². The Bertz CT molecular complexity index is 547. The largest absolute Gasteiger partial charge is 0.491 e. The maximum absolute atomic E-state index is 5.89. The Morgan fingerprint density at radius 2 is 1.85 bits per heavy atom. The van der Waals surface area contributed by atoms with Gasteiger partial charge in [-0.1, -0.05) is 18.2 Å². The molecule has 0 aliphatic carbocycles. The van der Waals surface area contributed by atoms with Crippen molar-refractivity contribution < 1.29 is 4.74 Å². The fourth-order valence-electron chi connectivity index (χ4n) is 2.14. The van der Waals surface area contributed by atoms with Gasteiger partial charge in [0.2, 0.25) is 0 Å². The molecule has 0 saturated carbocycles. The van der Waals surface area contributed by atoms with Gasteiger partial charge in [0, 0.05) is 27.9 Å². The average Bonchev–Trinajstić information content (AvgIpc) is 2.82. The number of hydrogen-bond acceptors (Lipinski definition) is 3. The zero-order valence-corrected chi connectivity index (χ0v) is 13.5. The van der Waals surface area contributed by atoms with Gasteiger partial charge >= 0.3 is 0 Å². The molecular formula is C17H23NOS. The Balaban J connectivity index is 2.03. The molecule has 1 heterocycles. The van der Waals surface area contributed by atoms with Crippen LogP contribution in [0, 0.1) is 6.92 Å². The van der Waals surface area contributed by atoms with Gasteiger partial charge in [-0.3, -0.25) is 0 Å². The molecule has 0 fully saturated rings. The maximum Gasteiger partial charge on any atom is 0.124 e. The summed E-state index contributed by atoms with van der Waals surface area (Å²) < 4.78 is 5.89. The van der Waals surface area contributed by atoms with E-state index in [-0.39, 0.29) is 12.1 Å². The van der Waals surface area contributed by atoms with Gasteiger partial charge in [0.1, 0.15) is 5.75 Å². The van der Waals surface area contributed by atoms with Crippen LogP contribution in [0.2, 0.25) is 0 Å². The summed E-state index contributed by atoms with van der Waals surface area (Å²) in [6.07, 6.45) is 0.197. The Kier molecular flexibility index (Phi) is 5.21. The van der Waals surface area contributed by atoms with E-state index in [9.17, 15) is 0 Å². The summed E-state index contributed by atoms with van der Waals surface area (Å²) in [4.78, 5) is 2.73. The van der Waals surface area contributed by atoms with Gasteiger partial charge in [0.15, 0.2) is 0 Å². The summed E-state index contributed by atoms with van der Waals surface area (Å²) in [6.45, 7) is 9.34. The highest BCUT2D eigenvalue weighted by Gasteiger charge is 2.12. The van der Waals surface area contributed by atoms with Crippen LogP contribution < -0.4 is 10.1 Å². The van der Waals surface area contributed by atoms with Crippen LogP contribution in [0.25, 0.3) is 0 Å². The summed E-state index contributed by atoms with van der Waals surface area (Å²) in [5, 5.41) is 3.57. The minimum atomic E-state index is 0.197. The summed E-state index contributed by atoms with van der Waals surface area (Å²) in [5.41, 5.74) is 1.22. The topological polar surface area (TPSA) is 21.3 Å². The highest BCUT2D eigenvalue weighted by Crippen LogP contribution is 2.26. The summed E-state index contributed by atoms with van der Waals surface area (Å²) in [5.74, 6) is 0.977. The van der Waals surface area contributed by atoms with Crippen molar-refractivity contribution in [3.05, 3.63) is 51.7 Å². The smallest absolute Gasteiger partial charge is 0.124 e. The maximum atomic E-state index is 5.89. The summed E-state index contributed by atoms with van der Waals surface area (Å²) in [6, 6.07) is 12.9. The molecule has 1 N–H and O–H groups in total. The van der Waals surface area contributed by atoms with E-state index >= 15 is 0 Å². The van der Waals surface area contributed by atoms with Crippen LogP contribution in [0.3, 0.4) is 0 Å². The molecule has 3 heteroatoms. The number of benzene rings is 1. The van der Waals surface area contributed by atoms with Gasteiger partial charge in [-0.2, -0.15) is 0 Å². The first-order chi connectivity index (χ1) is 9.56. The van der Waals surface area contributed by atoms with Crippen molar-refractivity contribution in [2.45, 2.75) is 46.4 Å². The number of thiophene rings is 1. The van der Waals surface area contributed by atoms with E-state index in [1.807, 2.05) is 23.5 Å². The molecule has 2 aromatic rings. The monoisotopic (exact) mass is 289 g/mol. The standard InChI is InChI=1S/C17H23NOS/c1-12(2)19-17-8-6-5-7-16(17)14(4)18-11-15-10-9-13(3)20-15/h5-10,12,14,18H,11H2,1-4H3. The van der Waals surface area contributed by atoms with Crippen molar-refractivity contribution >= 4 is 11.3 Å². The van der Waals surface area contributed by atoms with Crippen LogP contribution in [0.15, 0.2) is 36.4 Å². The summed E-state index contributed by atoms with van der Waals surface area (Å²) in [7, 11) is 0. The molecule has 0 radical (unpaired) electrons. The number of para-hydroxylation sites is 1. The third-order valence-corrected chi connectivity index (χ3v) is 4.13. The number of ether oxygens (including phenoxy) is 1. The molecule has 2 rings (SSSR count). The molecule has 1 atom stereocenters. The first-order valence-electron chi connectivity index (χ1n) is 7.10. The van der Waals surface area contributed by atoms with E-state index < -0.39 is 0 Å². The van der Waals surface area contributed by atoms with Gasteiger partial charge in [-0.25, -0.2) is 0 Å². The van der Waals surface area contributed by atoms with E-state index in [1.165, 1.54) is 15.3 Å². The molecule has 1 aromatic heterocycles. The van der Waals surface area contributed by atoms with Crippen LogP contribution in [-0.4, -0.2) is 6.10 Å². The van der Waals surface area contributed by atoms with E-state index in [1.54, 1.807) is 0 Å². The van der Waals surface area contributed by atoms with Crippen LogP contribution in [0.1, 0.15) is 42.1 Å². The Hall–Kier alpha value is -1.32. The van der Waals surface area contributed by atoms with Crippen molar-refractivity contribution in [3.63, 3.8) is 0 Å². The predicted molar refractivity (Wildman–Crippen MR) is 86.5 cm³/mol. The number of aryl methyl sites for hydroxylation is 1. The number of hydrogen-bond donors (Lipinski definition) is 1. The molecule has 0 amide bonds. The van der Waals surface area contributed by atoms with Crippen molar-refractivity contribution in [1.29, 1.82) is 0 Å². The normalized spacial score (nSPS) is 12.7. The van der Waals surface area contributed by atoms with E-state index in [2.05, 4.69) is 57.3 Å². The fourth-order valence-corrected chi connectivity index (χ4v) is 2.98. The fraction of sp³-hybridized carbons (Fsp3) is 0.412. The molecule has 1 aromatic carbocycles. The second kappa shape index (κ2) is 6.91. The highest BCUT2D eigenvalue weighted by molar-refractivity contribution is 7.11. The minimum Gasteiger partial charge on any atom is -0.491 e. The Labute approximate surface area is 125 Å². The minimum absolute atomic E-state index is 0.197. The summed E-state index contributed by atoms with van der Waals surface area (Å²) >= 11 is 1.85. The first kappa shape index (κ1) is 15.1. The number of nitrogens with one attached hydrogen (secondary N) is 1. The van der Waals surface area contributed by atoms with Crippen molar-refractivity contribution in [3.8, 4) is 5.75 Å². The van der Waals surface area contributed by atoms with Crippen LogP contribution >= 0.6 is 11.3 Å². The third kappa shape index (κ3) is 4.09. The molecule has 0 aliphatic heterocycles. The second-order valence-corrected chi connectivity index (χ2v) is 6.69. The molecule has 1 unspecified atom stereocenters. The highest BCUT2D eigenvalue weighted by atomic mass is 32.1. The lowest BCUT2D eigenvalue weighted by molar-refractivity contribution is 0.238. The number of rotatable bonds is 6. The van der Waals surface area contributed by atoms with Crippen molar-refractivity contribution in [2.24, 2.45) is 0 Å². The van der Waals surface area contributed by atoms with Gasteiger partial charge in [0.05, 0.1) is 6.10 Å². The Morgan fingerprint density at radius 1 is 1.10 bits per heavy atom. The van der Waals surface area contributed by atoms with E-state index in [0.29, 0.717) is 0 Å². The van der Waals surface area contributed by atoms with Crippen molar-refractivity contribution in [2.75, 3.05) is 0 Å². The Morgan fingerprint density at radius 3 is 2.50 bits per heavy atom. The average molecular weight is 289 g/mol. The molecule has 2 nitrogen and oxygen atoms in total. The predicted octanol–water partition coefficient (Wildman–Crippen LogP) is 4.69. The molecule has 108 valence electrons. The SMILES string of the molecule is Cc1ccc(CNC(C)c2ccccc2OC(C)C)s1. The molecular weight excluding hydrogens is 266 g/mol. The van der Waals surface area contributed by atoms with Gasteiger partial charge in [0.25, 0.3) is 0 Å². The quantitative estimate of drug-likeness (QED) is 0.832. The van der Waals surface area contributed by atoms with Gasteiger partial charge < -0.3 is 10.1 Å². The molecule has 0 spiro atoms. The third-order valence-electron chi connectivity index (χ3n) is 3.13. The molecule has 0 aliphatic rings. The lowest BCUT2D eigenvalue weighted by atomic mass is 10.1. The van der Waals surface area contributed by atoms with E-state index in [4.69, 9.17) is 4.74 Å². The van der Waals surface area contributed by atoms with Crippen LogP contribution in [0.4, 0.5) is 0 Å². The van der Waals surface area contributed by atoms with Gasteiger partial charge in [-0.05, 0) is 45.9 Å². The van der Waals surface area contributed by atoms with Gasteiger partial charge in [-0.15, -0.1) is 11.3 Å². The second-order valence-electron chi connectivity index (χ2n) is 5.32. The zero-order valence-electron chi connectivity index (χ0n) is 12.6. The zero-order chi connectivity index (χ0) is 14.5. The lowest BCUT2D eigenvalue weighted by Crippen LogP contribution is -2.19. The lowest BCUT2D eigenvalue weighted by Gasteiger charge is -2.19. The van der Waals surface area contributed by atoms with Crippen LogP contribution in [0.5, 0.6) is 5.75 Å². The molecule has 0 saturated heterocycles. The first-order valence-corrected chi connectivity index (χ1v) is 7.92. The molecule has 20 heavy (non-hydrogen) atoms.